The van der Waals surface area contributed by atoms with E-state index >= 15 is 0 Å². The fraction of sp³-hybridized carbons (Fsp3) is 0.300. The van der Waals surface area contributed by atoms with Crippen LogP contribution in [0.15, 0.2) is 40.9 Å². The minimum atomic E-state index is -0.332. The molecule has 0 N–H and O–H groups in total. The van der Waals surface area contributed by atoms with Crippen LogP contribution in [0.4, 0.5) is 10.2 Å². The maximum atomic E-state index is 13.4. The Hall–Kier alpha value is -3.27. The van der Waals surface area contributed by atoms with E-state index in [0.29, 0.717) is 29.5 Å². The third-order valence-corrected chi connectivity index (χ3v) is 4.81. The predicted octanol–water partition coefficient (Wildman–Crippen LogP) is 3.83. The summed E-state index contributed by atoms with van der Waals surface area (Å²) in [7, 11) is 0. The largest absolute Gasteiger partial charge is 0.356 e. The monoisotopic (exact) mass is 363 g/mol. The number of halogens is 1. The molecule has 0 bridgehead atoms. The van der Waals surface area contributed by atoms with Gasteiger partial charge in [-0.25, -0.2) is 9.37 Å². The lowest BCUT2D eigenvalue weighted by atomic mass is 9.98. The molecule has 136 valence electrons. The topological polar surface area (TPSA) is 78.8 Å². The molecule has 1 fully saturated rings. The van der Waals surface area contributed by atoms with E-state index < -0.39 is 0 Å². The van der Waals surface area contributed by atoms with Crippen molar-refractivity contribution < 1.29 is 8.91 Å². The zero-order valence-corrected chi connectivity index (χ0v) is 14.9. The standard InChI is InChI=1S/C20H18FN5O/c1-13-7-8-18(23-17(13)11-22)26-9-3-5-15(12-26)20-24-19(25-27-20)14-4-2-6-16(21)10-14/h2,4,6-8,10,15H,3,5,9,12H2,1H3. The highest BCUT2D eigenvalue weighted by molar-refractivity contribution is 5.54. The molecule has 2 aromatic heterocycles. The number of benzene rings is 1. The lowest BCUT2D eigenvalue weighted by molar-refractivity contribution is 0.333. The van der Waals surface area contributed by atoms with Crippen LogP contribution in [-0.4, -0.2) is 28.2 Å². The van der Waals surface area contributed by atoms with Gasteiger partial charge in [0, 0.05) is 18.7 Å². The minimum Gasteiger partial charge on any atom is -0.356 e. The summed E-state index contributed by atoms with van der Waals surface area (Å²) in [5, 5.41) is 13.2. The van der Waals surface area contributed by atoms with Crippen LogP contribution in [-0.2, 0) is 0 Å². The number of anilines is 1. The molecule has 4 rings (SSSR count). The van der Waals surface area contributed by atoms with Crippen molar-refractivity contribution in [1.29, 1.82) is 5.26 Å². The van der Waals surface area contributed by atoms with Crippen LogP contribution in [0.2, 0.25) is 0 Å². The molecular weight excluding hydrogens is 345 g/mol. The first-order valence-corrected chi connectivity index (χ1v) is 8.86. The molecule has 3 heterocycles. The van der Waals surface area contributed by atoms with Crippen LogP contribution in [0.5, 0.6) is 0 Å². The van der Waals surface area contributed by atoms with E-state index in [1.165, 1.54) is 12.1 Å². The number of hydrogen-bond donors (Lipinski definition) is 0. The van der Waals surface area contributed by atoms with Gasteiger partial charge in [0.05, 0.1) is 5.92 Å². The van der Waals surface area contributed by atoms with E-state index in [1.54, 1.807) is 12.1 Å². The van der Waals surface area contributed by atoms with Crippen molar-refractivity contribution in [3.8, 4) is 17.5 Å². The van der Waals surface area contributed by atoms with Gasteiger partial charge in [0.15, 0.2) is 0 Å². The van der Waals surface area contributed by atoms with Gasteiger partial charge in [0.25, 0.3) is 0 Å². The number of hydrogen-bond acceptors (Lipinski definition) is 6. The normalized spacial score (nSPS) is 16.9. The minimum absolute atomic E-state index is 0.0715. The third-order valence-electron chi connectivity index (χ3n) is 4.81. The average Bonchev–Trinajstić information content (AvgIpc) is 3.19. The predicted molar refractivity (Wildman–Crippen MR) is 97.6 cm³/mol. The van der Waals surface area contributed by atoms with Crippen LogP contribution >= 0.6 is 0 Å². The Morgan fingerprint density at radius 3 is 2.96 bits per heavy atom. The third kappa shape index (κ3) is 3.51. The summed E-state index contributed by atoms with van der Waals surface area (Å²) < 4.78 is 18.9. The molecule has 1 aromatic carbocycles. The van der Waals surface area contributed by atoms with Crippen molar-refractivity contribution in [2.45, 2.75) is 25.7 Å². The number of piperidine rings is 1. The zero-order valence-electron chi connectivity index (χ0n) is 14.9. The van der Waals surface area contributed by atoms with E-state index in [9.17, 15) is 9.65 Å². The number of rotatable bonds is 3. The summed E-state index contributed by atoms with van der Waals surface area (Å²) in [4.78, 5) is 11.1. The smallest absolute Gasteiger partial charge is 0.231 e. The molecular formula is C20H18FN5O. The fourth-order valence-corrected chi connectivity index (χ4v) is 3.34. The van der Waals surface area contributed by atoms with Gasteiger partial charge < -0.3 is 9.42 Å². The van der Waals surface area contributed by atoms with Crippen LogP contribution in [0.25, 0.3) is 11.4 Å². The second kappa shape index (κ2) is 7.16. The molecule has 1 saturated heterocycles. The van der Waals surface area contributed by atoms with Gasteiger partial charge >= 0.3 is 0 Å². The second-order valence-corrected chi connectivity index (χ2v) is 6.70. The van der Waals surface area contributed by atoms with E-state index in [4.69, 9.17) is 4.52 Å². The molecule has 0 spiro atoms. The second-order valence-electron chi connectivity index (χ2n) is 6.70. The summed E-state index contributed by atoms with van der Waals surface area (Å²) in [6, 6.07) is 12.1. The van der Waals surface area contributed by atoms with Gasteiger partial charge in [-0.05, 0) is 43.5 Å². The van der Waals surface area contributed by atoms with Gasteiger partial charge in [0.1, 0.15) is 23.4 Å². The first-order chi connectivity index (χ1) is 13.1. The van der Waals surface area contributed by atoms with Gasteiger partial charge in [0.2, 0.25) is 11.7 Å². The number of pyridine rings is 1. The summed E-state index contributed by atoms with van der Waals surface area (Å²) in [6.07, 6.45) is 1.89. The van der Waals surface area contributed by atoms with Crippen molar-refractivity contribution in [3.63, 3.8) is 0 Å². The molecule has 1 atom stereocenters. The highest BCUT2D eigenvalue weighted by Gasteiger charge is 2.27. The first-order valence-electron chi connectivity index (χ1n) is 8.86. The van der Waals surface area contributed by atoms with E-state index in [0.717, 1.165) is 30.8 Å². The molecule has 0 amide bonds. The Bertz CT molecular complexity index is 1010. The van der Waals surface area contributed by atoms with Crippen molar-refractivity contribution in [3.05, 3.63) is 59.4 Å². The Labute approximate surface area is 156 Å². The molecule has 0 radical (unpaired) electrons. The molecule has 1 unspecified atom stereocenters. The Morgan fingerprint density at radius 1 is 1.26 bits per heavy atom. The molecule has 0 saturated carbocycles. The van der Waals surface area contributed by atoms with Crippen LogP contribution in [0.1, 0.15) is 35.9 Å². The molecule has 27 heavy (non-hydrogen) atoms. The lowest BCUT2D eigenvalue weighted by Crippen LogP contribution is -2.35. The van der Waals surface area contributed by atoms with E-state index in [1.807, 2.05) is 19.1 Å². The van der Waals surface area contributed by atoms with Gasteiger partial charge in [-0.1, -0.05) is 23.4 Å². The number of nitrogens with zero attached hydrogens (tertiary/aromatic N) is 5. The number of aromatic nitrogens is 3. The van der Waals surface area contributed by atoms with E-state index in [-0.39, 0.29) is 11.7 Å². The van der Waals surface area contributed by atoms with Crippen molar-refractivity contribution in [2.24, 2.45) is 0 Å². The SMILES string of the molecule is Cc1ccc(N2CCCC(c3nc(-c4cccc(F)c4)no3)C2)nc1C#N. The summed E-state index contributed by atoms with van der Waals surface area (Å²) in [6.45, 7) is 3.43. The quantitative estimate of drug-likeness (QED) is 0.704. The lowest BCUT2D eigenvalue weighted by Gasteiger charge is -2.32. The Morgan fingerprint density at radius 2 is 2.15 bits per heavy atom. The summed E-state index contributed by atoms with van der Waals surface area (Å²) >= 11 is 0. The fourth-order valence-electron chi connectivity index (χ4n) is 3.34. The van der Waals surface area contributed by atoms with Gasteiger partial charge in [-0.2, -0.15) is 10.2 Å². The van der Waals surface area contributed by atoms with Gasteiger partial charge in [-0.3, -0.25) is 0 Å². The molecule has 3 aromatic rings. The molecule has 1 aliphatic rings. The van der Waals surface area contributed by atoms with Crippen molar-refractivity contribution >= 4 is 5.82 Å². The molecule has 6 nitrogen and oxygen atoms in total. The Kier molecular flexibility index (Phi) is 4.55. The first kappa shape index (κ1) is 17.2. The maximum Gasteiger partial charge on any atom is 0.231 e. The Balaban J connectivity index is 1.55. The molecule has 7 heteroatoms. The van der Waals surface area contributed by atoms with E-state index in [2.05, 4.69) is 26.1 Å². The maximum absolute atomic E-state index is 13.4. The highest BCUT2D eigenvalue weighted by Crippen LogP contribution is 2.30. The molecule has 0 aliphatic carbocycles. The van der Waals surface area contributed by atoms with Crippen molar-refractivity contribution in [2.75, 3.05) is 18.0 Å². The number of aryl methyl sites for hydroxylation is 1. The highest BCUT2D eigenvalue weighted by atomic mass is 19.1. The van der Waals surface area contributed by atoms with Crippen LogP contribution in [0, 0.1) is 24.1 Å². The summed E-state index contributed by atoms with van der Waals surface area (Å²) in [5.74, 6) is 1.46. The van der Waals surface area contributed by atoms with Gasteiger partial charge in [-0.15, -0.1) is 0 Å². The summed E-state index contributed by atoms with van der Waals surface area (Å²) in [5.41, 5.74) is 1.91. The van der Waals surface area contributed by atoms with Crippen molar-refractivity contribution in [1.82, 2.24) is 15.1 Å². The zero-order chi connectivity index (χ0) is 18.8. The van der Waals surface area contributed by atoms with Crippen LogP contribution in [0.3, 0.4) is 0 Å². The van der Waals surface area contributed by atoms with Crippen LogP contribution < -0.4 is 4.90 Å². The average molecular weight is 363 g/mol. The number of nitriles is 1. The molecule has 1 aliphatic heterocycles.